The van der Waals surface area contributed by atoms with E-state index in [-0.39, 0.29) is 24.8 Å². The van der Waals surface area contributed by atoms with Gasteiger partial charge in [-0.25, -0.2) is 13.2 Å². The quantitative estimate of drug-likeness (QED) is 0.517. The Balaban J connectivity index is 1.58. The van der Waals surface area contributed by atoms with Crippen LogP contribution in [0, 0.1) is 5.82 Å². The maximum Gasteiger partial charge on any atom is 0.330 e. The van der Waals surface area contributed by atoms with Crippen molar-refractivity contribution in [2.75, 3.05) is 11.9 Å². The van der Waals surface area contributed by atoms with Gasteiger partial charge >= 0.3 is 12.3 Å². The number of hydrogen-bond acceptors (Lipinski definition) is 2. The van der Waals surface area contributed by atoms with Crippen LogP contribution in [0.1, 0.15) is 11.1 Å². The second-order valence-electron chi connectivity index (χ2n) is 6.48. The number of alkyl halides is 4. The maximum absolute atomic E-state index is 13.2. The van der Waals surface area contributed by atoms with Gasteiger partial charge in [0.05, 0.1) is 13.0 Å². The van der Waals surface area contributed by atoms with Crippen LogP contribution in [0.2, 0.25) is 0 Å². The van der Waals surface area contributed by atoms with Gasteiger partial charge in [0.1, 0.15) is 12.4 Å². The van der Waals surface area contributed by atoms with Crippen molar-refractivity contribution < 1.29 is 31.5 Å². The first kappa shape index (κ1) is 20.8. The molecule has 0 aliphatic rings. The molecule has 1 amide bonds. The molecule has 0 saturated heterocycles. The van der Waals surface area contributed by atoms with Crippen LogP contribution in [-0.2, 0) is 22.6 Å². The standard InChI is InChI=1S/C20H17F5N2O2/c21-14-4-5-16-13(9-26-17(16)8-14)7-18(28)27-15-3-1-2-12(6-15)10-29-11-20(24,25)19(22)23/h1-6,8-9,19,26H,7,10-11H2,(H,27,28). The molecule has 154 valence electrons. The number of anilines is 1. The minimum absolute atomic E-state index is 0.0347. The van der Waals surface area contributed by atoms with E-state index >= 15 is 0 Å². The van der Waals surface area contributed by atoms with Crippen LogP contribution >= 0.6 is 0 Å². The number of carbonyl (C=O) groups excluding carboxylic acids is 1. The van der Waals surface area contributed by atoms with Crippen molar-refractivity contribution in [3.05, 3.63) is 65.6 Å². The van der Waals surface area contributed by atoms with Crippen molar-refractivity contribution in [2.45, 2.75) is 25.4 Å². The van der Waals surface area contributed by atoms with E-state index in [1.807, 2.05) is 0 Å². The number of hydrogen-bond donors (Lipinski definition) is 2. The first-order valence-corrected chi connectivity index (χ1v) is 8.62. The Morgan fingerprint density at radius 3 is 2.72 bits per heavy atom. The molecule has 0 fully saturated rings. The van der Waals surface area contributed by atoms with Crippen LogP contribution in [0.25, 0.3) is 10.9 Å². The van der Waals surface area contributed by atoms with Crippen molar-refractivity contribution in [1.82, 2.24) is 4.98 Å². The molecule has 2 N–H and O–H groups in total. The molecule has 2 aromatic carbocycles. The van der Waals surface area contributed by atoms with Gasteiger partial charge in [-0.05, 0) is 41.5 Å². The Hall–Kier alpha value is -2.94. The summed E-state index contributed by atoms with van der Waals surface area (Å²) in [5, 5.41) is 3.40. The molecule has 0 atom stereocenters. The van der Waals surface area contributed by atoms with E-state index in [2.05, 4.69) is 15.0 Å². The zero-order valence-electron chi connectivity index (χ0n) is 15.0. The molecule has 1 heterocycles. The Kier molecular flexibility index (Phi) is 6.17. The van der Waals surface area contributed by atoms with Crippen LogP contribution < -0.4 is 5.32 Å². The number of benzene rings is 2. The molecule has 0 aliphatic carbocycles. The molecule has 0 radical (unpaired) electrons. The molecular weight excluding hydrogens is 395 g/mol. The molecule has 0 saturated carbocycles. The molecule has 0 bridgehead atoms. The number of nitrogens with one attached hydrogen (secondary N) is 2. The fraction of sp³-hybridized carbons (Fsp3) is 0.250. The number of amides is 1. The normalized spacial score (nSPS) is 11.9. The number of aromatic amines is 1. The molecule has 0 spiro atoms. The Labute approximate surface area is 162 Å². The van der Waals surface area contributed by atoms with E-state index in [1.54, 1.807) is 30.5 Å². The fourth-order valence-corrected chi connectivity index (χ4v) is 2.79. The van der Waals surface area contributed by atoms with Gasteiger partial charge in [0.2, 0.25) is 5.91 Å². The summed E-state index contributed by atoms with van der Waals surface area (Å²) in [5.74, 6) is -4.94. The summed E-state index contributed by atoms with van der Waals surface area (Å²) in [4.78, 5) is 15.2. The van der Waals surface area contributed by atoms with Crippen molar-refractivity contribution in [3.63, 3.8) is 0 Å². The highest BCUT2D eigenvalue weighted by molar-refractivity contribution is 5.95. The fourth-order valence-electron chi connectivity index (χ4n) is 2.79. The molecular formula is C20H17F5N2O2. The van der Waals surface area contributed by atoms with Gasteiger partial charge < -0.3 is 15.0 Å². The number of fused-ring (bicyclic) bond motifs is 1. The topological polar surface area (TPSA) is 54.1 Å². The van der Waals surface area contributed by atoms with E-state index in [9.17, 15) is 26.7 Å². The second kappa shape index (κ2) is 8.60. The van der Waals surface area contributed by atoms with E-state index in [4.69, 9.17) is 0 Å². The predicted octanol–water partition coefficient (Wildman–Crippen LogP) is 4.91. The van der Waals surface area contributed by atoms with Crippen LogP contribution in [0.15, 0.2) is 48.7 Å². The number of carbonyl (C=O) groups is 1. The molecule has 9 heteroatoms. The monoisotopic (exact) mass is 412 g/mol. The molecule has 4 nitrogen and oxygen atoms in total. The minimum atomic E-state index is -4.21. The molecule has 0 aliphatic heterocycles. The summed E-state index contributed by atoms with van der Waals surface area (Å²) in [5.41, 5.74) is 2.11. The summed E-state index contributed by atoms with van der Waals surface area (Å²) >= 11 is 0. The average Bonchev–Trinajstić information content (AvgIpc) is 3.03. The van der Waals surface area contributed by atoms with Crippen LogP contribution in [0.4, 0.5) is 27.6 Å². The number of ether oxygens (including phenoxy) is 1. The Bertz CT molecular complexity index is 1000. The zero-order chi connectivity index (χ0) is 21.0. The predicted molar refractivity (Wildman–Crippen MR) is 97.6 cm³/mol. The van der Waals surface area contributed by atoms with Gasteiger partial charge in [-0.3, -0.25) is 4.79 Å². The summed E-state index contributed by atoms with van der Waals surface area (Å²) in [6.45, 7) is -1.71. The molecule has 0 unspecified atom stereocenters. The minimum Gasteiger partial charge on any atom is -0.370 e. The van der Waals surface area contributed by atoms with Crippen LogP contribution in [0.5, 0.6) is 0 Å². The first-order valence-electron chi connectivity index (χ1n) is 8.62. The third-order valence-electron chi connectivity index (χ3n) is 4.17. The third-order valence-corrected chi connectivity index (χ3v) is 4.17. The van der Waals surface area contributed by atoms with Gasteiger partial charge in [0.15, 0.2) is 0 Å². The lowest BCUT2D eigenvalue weighted by molar-refractivity contribution is -0.168. The van der Waals surface area contributed by atoms with E-state index in [0.29, 0.717) is 22.3 Å². The van der Waals surface area contributed by atoms with Crippen molar-refractivity contribution in [1.29, 1.82) is 0 Å². The van der Waals surface area contributed by atoms with Gasteiger partial charge in [0.25, 0.3) is 0 Å². The number of halogens is 5. The SMILES string of the molecule is O=C(Cc1c[nH]c2cc(F)ccc12)Nc1cccc(COCC(F)(F)C(F)F)c1. The lowest BCUT2D eigenvalue weighted by Crippen LogP contribution is -2.32. The number of rotatable bonds is 8. The van der Waals surface area contributed by atoms with E-state index in [0.717, 1.165) is 5.39 Å². The lowest BCUT2D eigenvalue weighted by Gasteiger charge is -2.15. The smallest absolute Gasteiger partial charge is 0.330 e. The Morgan fingerprint density at radius 2 is 1.97 bits per heavy atom. The maximum atomic E-state index is 13.2. The highest BCUT2D eigenvalue weighted by Gasteiger charge is 2.40. The van der Waals surface area contributed by atoms with Gasteiger partial charge in [-0.1, -0.05) is 12.1 Å². The highest BCUT2D eigenvalue weighted by Crippen LogP contribution is 2.24. The highest BCUT2D eigenvalue weighted by atomic mass is 19.3. The van der Waals surface area contributed by atoms with Gasteiger partial charge in [-0.2, -0.15) is 8.78 Å². The average molecular weight is 412 g/mol. The summed E-state index contributed by atoms with van der Waals surface area (Å²) in [6, 6.07) is 10.5. The van der Waals surface area contributed by atoms with E-state index in [1.165, 1.54) is 18.2 Å². The van der Waals surface area contributed by atoms with Crippen molar-refractivity contribution >= 4 is 22.5 Å². The van der Waals surface area contributed by atoms with Crippen LogP contribution in [0.3, 0.4) is 0 Å². The first-order chi connectivity index (χ1) is 13.7. The zero-order valence-corrected chi connectivity index (χ0v) is 15.0. The van der Waals surface area contributed by atoms with E-state index < -0.39 is 19.0 Å². The molecule has 3 rings (SSSR count). The second-order valence-corrected chi connectivity index (χ2v) is 6.48. The number of aromatic nitrogens is 1. The Morgan fingerprint density at radius 1 is 1.17 bits per heavy atom. The van der Waals surface area contributed by atoms with Crippen molar-refractivity contribution in [3.8, 4) is 0 Å². The largest absolute Gasteiger partial charge is 0.370 e. The summed E-state index contributed by atoms with van der Waals surface area (Å²) in [7, 11) is 0. The van der Waals surface area contributed by atoms with Crippen molar-refractivity contribution in [2.24, 2.45) is 0 Å². The van der Waals surface area contributed by atoms with Gasteiger partial charge in [0, 0.05) is 22.8 Å². The summed E-state index contributed by atoms with van der Waals surface area (Å²) < 4.78 is 67.9. The molecule has 1 aromatic heterocycles. The lowest BCUT2D eigenvalue weighted by atomic mass is 10.1. The summed E-state index contributed by atoms with van der Waals surface area (Å²) in [6.07, 6.45) is -2.14. The number of H-pyrrole nitrogens is 1. The third kappa shape index (κ3) is 5.32. The van der Waals surface area contributed by atoms with Crippen LogP contribution in [-0.4, -0.2) is 29.8 Å². The van der Waals surface area contributed by atoms with Gasteiger partial charge in [-0.15, -0.1) is 0 Å². The molecule has 29 heavy (non-hydrogen) atoms. The molecule has 3 aromatic rings.